The van der Waals surface area contributed by atoms with E-state index in [0.717, 1.165) is 23.2 Å². The van der Waals surface area contributed by atoms with Gasteiger partial charge in [0.2, 0.25) is 0 Å². The largest absolute Gasteiger partial charge is 0.399 e. The van der Waals surface area contributed by atoms with Crippen LogP contribution < -0.4 is 5.73 Å². The molecule has 1 aromatic carbocycles. The van der Waals surface area contributed by atoms with Crippen LogP contribution in [0.25, 0.3) is 0 Å². The number of hydrogen-bond donors (Lipinski definition) is 1. The summed E-state index contributed by atoms with van der Waals surface area (Å²) in [5, 5.41) is 0.783. The molecule has 1 aromatic rings. The van der Waals surface area contributed by atoms with Crippen LogP contribution in [-0.4, -0.2) is 18.5 Å². The van der Waals surface area contributed by atoms with Gasteiger partial charge in [0.05, 0.1) is 0 Å². The summed E-state index contributed by atoms with van der Waals surface area (Å²) in [4.78, 5) is 2.38. The molecule has 0 amide bonds. The Balaban J connectivity index is 1.87. The van der Waals surface area contributed by atoms with Crippen LogP contribution in [0.3, 0.4) is 0 Å². The van der Waals surface area contributed by atoms with Gasteiger partial charge in [0.15, 0.2) is 0 Å². The van der Waals surface area contributed by atoms with Crippen molar-refractivity contribution in [1.82, 2.24) is 4.90 Å². The molecule has 1 fully saturated rings. The van der Waals surface area contributed by atoms with Crippen LogP contribution in [0, 0.1) is 5.92 Å². The van der Waals surface area contributed by atoms with Crippen LogP contribution in [0.2, 0.25) is 5.02 Å². The monoisotopic (exact) mass is 266 g/mol. The van der Waals surface area contributed by atoms with E-state index >= 15 is 0 Å². The topological polar surface area (TPSA) is 29.3 Å². The molecule has 1 saturated carbocycles. The van der Waals surface area contributed by atoms with E-state index in [1.54, 1.807) is 0 Å². The Labute approximate surface area is 115 Å². The number of halogens is 1. The van der Waals surface area contributed by atoms with Gasteiger partial charge >= 0.3 is 0 Å². The number of nitrogens with zero attached hydrogens (tertiary/aromatic N) is 1. The zero-order valence-corrected chi connectivity index (χ0v) is 11.9. The fourth-order valence-corrected chi connectivity index (χ4v) is 3.11. The predicted octanol–water partition coefficient (Wildman–Crippen LogP) is 3.93. The summed E-state index contributed by atoms with van der Waals surface area (Å²) in [5.41, 5.74) is 7.62. The maximum atomic E-state index is 6.21. The first-order chi connectivity index (χ1) is 8.65. The average molecular weight is 267 g/mol. The van der Waals surface area contributed by atoms with Crippen molar-refractivity contribution in [3.8, 4) is 0 Å². The fourth-order valence-electron chi connectivity index (χ4n) is 2.86. The first-order valence-corrected chi connectivity index (χ1v) is 7.25. The van der Waals surface area contributed by atoms with Crippen molar-refractivity contribution in [2.45, 2.75) is 38.6 Å². The van der Waals surface area contributed by atoms with E-state index < -0.39 is 0 Å². The predicted molar refractivity (Wildman–Crippen MR) is 78.8 cm³/mol. The summed E-state index contributed by atoms with van der Waals surface area (Å²) in [7, 11) is 2.18. The number of benzene rings is 1. The van der Waals surface area contributed by atoms with Crippen LogP contribution in [0.4, 0.5) is 5.69 Å². The molecular formula is C15H23ClN2. The first kappa shape index (κ1) is 13.7. The van der Waals surface area contributed by atoms with Crippen molar-refractivity contribution >= 4 is 17.3 Å². The highest BCUT2D eigenvalue weighted by atomic mass is 35.5. The molecule has 1 aliphatic carbocycles. The molecule has 0 heterocycles. The van der Waals surface area contributed by atoms with Crippen molar-refractivity contribution in [1.29, 1.82) is 0 Å². The van der Waals surface area contributed by atoms with E-state index in [9.17, 15) is 0 Å². The number of nitrogens with two attached hydrogens (primary N) is 1. The highest BCUT2D eigenvalue weighted by Crippen LogP contribution is 2.25. The molecule has 18 heavy (non-hydrogen) atoms. The molecule has 2 nitrogen and oxygen atoms in total. The molecule has 2 N–H and O–H groups in total. The molecule has 0 saturated heterocycles. The Morgan fingerprint density at radius 2 is 2.00 bits per heavy atom. The average Bonchev–Trinajstić information content (AvgIpc) is 2.34. The van der Waals surface area contributed by atoms with E-state index in [0.29, 0.717) is 0 Å². The maximum Gasteiger partial charge on any atom is 0.0471 e. The van der Waals surface area contributed by atoms with Gasteiger partial charge in [-0.05, 0) is 43.5 Å². The van der Waals surface area contributed by atoms with Gasteiger partial charge in [0, 0.05) is 23.8 Å². The highest BCUT2D eigenvalue weighted by molar-refractivity contribution is 6.31. The van der Waals surface area contributed by atoms with E-state index in [1.807, 2.05) is 18.2 Å². The van der Waals surface area contributed by atoms with Crippen LogP contribution in [0.15, 0.2) is 18.2 Å². The lowest BCUT2D eigenvalue weighted by molar-refractivity contribution is 0.228. The van der Waals surface area contributed by atoms with Gasteiger partial charge in [-0.15, -0.1) is 0 Å². The maximum absolute atomic E-state index is 6.21. The van der Waals surface area contributed by atoms with Crippen molar-refractivity contribution in [3.05, 3.63) is 28.8 Å². The second-order valence-corrected chi connectivity index (χ2v) is 5.96. The molecular weight excluding hydrogens is 244 g/mol. The molecule has 0 aromatic heterocycles. The number of hydrogen-bond acceptors (Lipinski definition) is 2. The molecule has 1 aliphatic rings. The molecule has 2 rings (SSSR count). The molecule has 0 aliphatic heterocycles. The van der Waals surface area contributed by atoms with E-state index in [4.69, 9.17) is 17.3 Å². The summed E-state index contributed by atoms with van der Waals surface area (Å²) in [6.07, 6.45) is 7.01. The summed E-state index contributed by atoms with van der Waals surface area (Å²) in [5.74, 6) is 0.872. The lowest BCUT2D eigenvalue weighted by Crippen LogP contribution is -2.26. The summed E-state index contributed by atoms with van der Waals surface area (Å²) < 4.78 is 0. The molecule has 0 unspecified atom stereocenters. The Hall–Kier alpha value is -0.730. The van der Waals surface area contributed by atoms with Crippen LogP contribution in [-0.2, 0) is 6.54 Å². The van der Waals surface area contributed by atoms with E-state index in [2.05, 4.69) is 11.9 Å². The molecule has 100 valence electrons. The van der Waals surface area contributed by atoms with Gasteiger partial charge in [-0.25, -0.2) is 0 Å². The minimum Gasteiger partial charge on any atom is -0.399 e. The van der Waals surface area contributed by atoms with Crippen LogP contribution >= 0.6 is 11.6 Å². The second kappa shape index (κ2) is 6.44. The number of rotatable bonds is 4. The standard InChI is InChI=1S/C15H23ClN2/c1-18(10-12-5-3-2-4-6-12)11-13-7-8-14(17)9-15(13)16/h7-9,12H,2-6,10-11,17H2,1H3. The zero-order valence-electron chi connectivity index (χ0n) is 11.2. The van der Waals surface area contributed by atoms with E-state index in [-0.39, 0.29) is 0 Å². The van der Waals surface area contributed by atoms with Crippen molar-refractivity contribution in [2.75, 3.05) is 19.3 Å². The summed E-state index contributed by atoms with van der Waals surface area (Å²) >= 11 is 6.21. The first-order valence-electron chi connectivity index (χ1n) is 6.87. The number of anilines is 1. The van der Waals surface area contributed by atoms with Crippen molar-refractivity contribution in [3.63, 3.8) is 0 Å². The SMILES string of the molecule is CN(Cc1ccc(N)cc1Cl)CC1CCCCC1. The van der Waals surface area contributed by atoms with Gasteiger partial charge in [-0.1, -0.05) is 36.9 Å². The quantitative estimate of drug-likeness (QED) is 0.837. The normalized spacial score (nSPS) is 17.3. The molecule has 0 atom stereocenters. The van der Waals surface area contributed by atoms with E-state index in [1.165, 1.54) is 44.2 Å². The lowest BCUT2D eigenvalue weighted by Gasteiger charge is -2.27. The third-order valence-electron chi connectivity index (χ3n) is 3.81. The molecule has 0 bridgehead atoms. The zero-order chi connectivity index (χ0) is 13.0. The fraction of sp³-hybridized carbons (Fsp3) is 0.600. The van der Waals surface area contributed by atoms with Gasteiger partial charge < -0.3 is 10.6 Å². The Bertz CT molecular complexity index is 386. The summed E-state index contributed by atoms with van der Waals surface area (Å²) in [6.45, 7) is 2.09. The Morgan fingerprint density at radius 3 is 2.67 bits per heavy atom. The van der Waals surface area contributed by atoms with Gasteiger partial charge in [0.1, 0.15) is 0 Å². The van der Waals surface area contributed by atoms with Crippen LogP contribution in [0.5, 0.6) is 0 Å². The van der Waals surface area contributed by atoms with Gasteiger partial charge in [-0.2, -0.15) is 0 Å². The highest BCUT2D eigenvalue weighted by Gasteiger charge is 2.15. The second-order valence-electron chi connectivity index (χ2n) is 5.55. The summed E-state index contributed by atoms with van der Waals surface area (Å²) in [6, 6.07) is 5.80. The smallest absolute Gasteiger partial charge is 0.0471 e. The third-order valence-corrected chi connectivity index (χ3v) is 4.16. The van der Waals surface area contributed by atoms with Crippen molar-refractivity contribution < 1.29 is 0 Å². The molecule has 0 radical (unpaired) electrons. The van der Waals surface area contributed by atoms with Gasteiger partial charge in [0.25, 0.3) is 0 Å². The lowest BCUT2D eigenvalue weighted by atomic mass is 9.89. The number of nitrogen functional groups attached to an aromatic ring is 1. The minimum absolute atomic E-state index is 0.735. The molecule has 0 spiro atoms. The Kier molecular flexibility index (Phi) is 4.90. The third kappa shape index (κ3) is 3.89. The Morgan fingerprint density at radius 1 is 1.28 bits per heavy atom. The van der Waals surface area contributed by atoms with Crippen molar-refractivity contribution in [2.24, 2.45) is 5.92 Å². The minimum atomic E-state index is 0.735. The molecule has 3 heteroatoms. The van der Waals surface area contributed by atoms with Crippen LogP contribution in [0.1, 0.15) is 37.7 Å². The van der Waals surface area contributed by atoms with Gasteiger partial charge in [-0.3, -0.25) is 0 Å².